The summed E-state index contributed by atoms with van der Waals surface area (Å²) in [6.45, 7) is 1.76. The van der Waals surface area contributed by atoms with Crippen LogP contribution in [0.25, 0.3) is 0 Å². The molecule has 1 heterocycles. The molecule has 2 aromatic rings. The second-order valence-corrected chi connectivity index (χ2v) is 6.89. The van der Waals surface area contributed by atoms with Crippen molar-refractivity contribution in [3.63, 3.8) is 0 Å². The molecule has 1 aliphatic heterocycles. The third-order valence-corrected chi connectivity index (χ3v) is 4.75. The Bertz CT molecular complexity index is 761. The van der Waals surface area contributed by atoms with E-state index in [-0.39, 0.29) is 12.5 Å². The highest BCUT2D eigenvalue weighted by molar-refractivity contribution is 5.94. The summed E-state index contributed by atoms with van der Waals surface area (Å²) in [5.74, 6) is -0.579. The number of ether oxygens (including phenoxy) is 2. The van der Waals surface area contributed by atoms with Crippen LogP contribution in [0.15, 0.2) is 60.7 Å². The predicted molar refractivity (Wildman–Crippen MR) is 104 cm³/mol. The SMILES string of the molecule is O=C(N[C@@H](c1ccccc1)[C@@H](O)C(=O)OCCCC1COC1)c1ccccc1. The molecular weight excluding hydrogens is 358 g/mol. The number of rotatable bonds is 9. The van der Waals surface area contributed by atoms with Gasteiger partial charge in [-0.3, -0.25) is 4.79 Å². The van der Waals surface area contributed by atoms with Crippen molar-refractivity contribution in [2.75, 3.05) is 19.8 Å². The number of carbonyl (C=O) groups is 2. The van der Waals surface area contributed by atoms with Crippen molar-refractivity contribution in [1.82, 2.24) is 5.32 Å². The largest absolute Gasteiger partial charge is 0.464 e. The van der Waals surface area contributed by atoms with Crippen LogP contribution < -0.4 is 5.32 Å². The van der Waals surface area contributed by atoms with E-state index in [0.29, 0.717) is 17.0 Å². The Morgan fingerprint density at radius 3 is 2.32 bits per heavy atom. The quantitative estimate of drug-likeness (QED) is 0.513. The van der Waals surface area contributed by atoms with Crippen molar-refractivity contribution in [2.24, 2.45) is 5.92 Å². The molecule has 2 N–H and O–H groups in total. The first-order valence-corrected chi connectivity index (χ1v) is 9.48. The summed E-state index contributed by atoms with van der Waals surface area (Å²) < 4.78 is 10.3. The maximum atomic E-state index is 12.5. The van der Waals surface area contributed by atoms with E-state index in [9.17, 15) is 14.7 Å². The number of carbonyl (C=O) groups excluding carboxylic acids is 2. The number of hydrogen-bond acceptors (Lipinski definition) is 5. The standard InChI is InChI=1S/C22H25NO5/c24-20(22(26)28-13-7-8-16-14-27-15-16)19(17-9-3-1-4-10-17)23-21(25)18-11-5-2-6-12-18/h1-6,9-12,16,19-20,24H,7-8,13-15H2,(H,23,25)/t19-,20+/m0/s1. The molecule has 1 fully saturated rings. The molecule has 1 saturated heterocycles. The predicted octanol–water partition coefficient (Wildman–Crippen LogP) is 2.49. The van der Waals surface area contributed by atoms with Gasteiger partial charge in [-0.05, 0) is 30.5 Å². The van der Waals surface area contributed by atoms with Crippen molar-refractivity contribution >= 4 is 11.9 Å². The Morgan fingerprint density at radius 1 is 1.07 bits per heavy atom. The van der Waals surface area contributed by atoms with Crippen LogP contribution in [-0.2, 0) is 14.3 Å². The maximum Gasteiger partial charge on any atom is 0.337 e. The molecule has 6 heteroatoms. The average Bonchev–Trinajstić information content (AvgIpc) is 2.71. The second kappa shape index (κ2) is 10.0. The van der Waals surface area contributed by atoms with Crippen molar-refractivity contribution < 1.29 is 24.2 Å². The van der Waals surface area contributed by atoms with Gasteiger partial charge in [-0.25, -0.2) is 4.79 Å². The smallest absolute Gasteiger partial charge is 0.337 e. The fourth-order valence-electron chi connectivity index (χ4n) is 3.04. The van der Waals surface area contributed by atoms with E-state index >= 15 is 0 Å². The number of aliphatic hydroxyl groups is 1. The van der Waals surface area contributed by atoms with E-state index in [0.717, 1.165) is 26.1 Å². The molecule has 3 rings (SSSR count). The van der Waals surface area contributed by atoms with Gasteiger partial charge in [0.15, 0.2) is 6.10 Å². The van der Waals surface area contributed by atoms with Gasteiger partial charge in [-0.1, -0.05) is 48.5 Å². The molecular formula is C22H25NO5. The Balaban J connectivity index is 1.62. The molecule has 0 unspecified atom stereocenters. The molecule has 0 radical (unpaired) electrons. The lowest BCUT2D eigenvalue weighted by Crippen LogP contribution is -2.41. The Hall–Kier alpha value is -2.70. The number of amides is 1. The van der Waals surface area contributed by atoms with Crippen LogP contribution >= 0.6 is 0 Å². The Labute approximate surface area is 164 Å². The number of hydrogen-bond donors (Lipinski definition) is 2. The van der Waals surface area contributed by atoms with Gasteiger partial charge in [0.05, 0.1) is 25.9 Å². The van der Waals surface area contributed by atoms with Crippen LogP contribution in [0.5, 0.6) is 0 Å². The van der Waals surface area contributed by atoms with E-state index in [2.05, 4.69) is 5.32 Å². The molecule has 148 valence electrons. The van der Waals surface area contributed by atoms with Gasteiger partial charge in [-0.15, -0.1) is 0 Å². The van der Waals surface area contributed by atoms with Crippen LogP contribution in [0.4, 0.5) is 0 Å². The van der Waals surface area contributed by atoms with Crippen LogP contribution in [0, 0.1) is 5.92 Å². The summed E-state index contributed by atoms with van der Waals surface area (Å²) >= 11 is 0. The van der Waals surface area contributed by atoms with Gasteiger partial charge in [0.25, 0.3) is 5.91 Å². The van der Waals surface area contributed by atoms with Gasteiger partial charge in [-0.2, -0.15) is 0 Å². The molecule has 28 heavy (non-hydrogen) atoms. The highest BCUT2D eigenvalue weighted by atomic mass is 16.5. The van der Waals surface area contributed by atoms with Gasteiger partial charge in [0.1, 0.15) is 0 Å². The molecule has 2 atom stereocenters. The summed E-state index contributed by atoms with van der Waals surface area (Å²) in [7, 11) is 0. The Morgan fingerprint density at radius 2 is 1.71 bits per heavy atom. The number of benzene rings is 2. The summed E-state index contributed by atoms with van der Waals surface area (Å²) in [6, 6.07) is 16.7. The van der Waals surface area contributed by atoms with Gasteiger partial charge in [0.2, 0.25) is 0 Å². The zero-order valence-corrected chi connectivity index (χ0v) is 15.6. The minimum Gasteiger partial charge on any atom is -0.464 e. The maximum absolute atomic E-state index is 12.5. The molecule has 1 aliphatic rings. The third kappa shape index (κ3) is 5.41. The van der Waals surface area contributed by atoms with E-state index in [1.54, 1.807) is 48.5 Å². The van der Waals surface area contributed by atoms with E-state index in [1.807, 2.05) is 12.1 Å². The van der Waals surface area contributed by atoms with Crippen LogP contribution in [-0.4, -0.2) is 42.9 Å². The summed E-state index contributed by atoms with van der Waals surface area (Å²) in [4.78, 5) is 24.9. The summed E-state index contributed by atoms with van der Waals surface area (Å²) in [5.41, 5.74) is 1.08. The summed E-state index contributed by atoms with van der Waals surface area (Å²) in [5, 5.41) is 13.3. The lowest BCUT2D eigenvalue weighted by atomic mass is 10.0. The first-order chi connectivity index (χ1) is 13.6. The number of esters is 1. The minimum atomic E-state index is -1.50. The second-order valence-electron chi connectivity index (χ2n) is 6.89. The molecule has 0 bridgehead atoms. The molecule has 6 nitrogen and oxygen atoms in total. The lowest BCUT2D eigenvalue weighted by molar-refractivity contribution is -0.155. The van der Waals surface area contributed by atoms with E-state index in [1.165, 1.54) is 0 Å². The normalized spacial score (nSPS) is 15.9. The monoisotopic (exact) mass is 383 g/mol. The topological polar surface area (TPSA) is 84.9 Å². The summed E-state index contributed by atoms with van der Waals surface area (Å²) in [6.07, 6.45) is 0.150. The van der Waals surface area contributed by atoms with E-state index in [4.69, 9.17) is 9.47 Å². The fraction of sp³-hybridized carbons (Fsp3) is 0.364. The third-order valence-electron chi connectivity index (χ3n) is 4.75. The Kier molecular flexibility index (Phi) is 7.17. The van der Waals surface area contributed by atoms with Crippen molar-refractivity contribution in [2.45, 2.75) is 25.0 Å². The molecule has 0 saturated carbocycles. The average molecular weight is 383 g/mol. The van der Waals surface area contributed by atoms with Crippen LogP contribution in [0.2, 0.25) is 0 Å². The van der Waals surface area contributed by atoms with Gasteiger partial charge in [0, 0.05) is 11.5 Å². The lowest BCUT2D eigenvalue weighted by Gasteiger charge is -2.26. The highest BCUT2D eigenvalue weighted by Crippen LogP contribution is 2.20. The highest BCUT2D eigenvalue weighted by Gasteiger charge is 2.30. The number of aliphatic hydroxyl groups excluding tert-OH is 1. The van der Waals surface area contributed by atoms with Gasteiger partial charge < -0.3 is 19.9 Å². The first kappa shape index (κ1) is 20.0. The first-order valence-electron chi connectivity index (χ1n) is 9.48. The minimum absolute atomic E-state index is 0.237. The molecule has 0 aliphatic carbocycles. The molecule has 2 aromatic carbocycles. The van der Waals surface area contributed by atoms with Crippen molar-refractivity contribution in [3.05, 3.63) is 71.8 Å². The molecule has 0 spiro atoms. The van der Waals surface area contributed by atoms with Crippen molar-refractivity contribution in [3.8, 4) is 0 Å². The van der Waals surface area contributed by atoms with Crippen LogP contribution in [0.1, 0.15) is 34.8 Å². The zero-order valence-electron chi connectivity index (χ0n) is 15.6. The molecule has 1 amide bonds. The fourth-order valence-corrected chi connectivity index (χ4v) is 3.04. The van der Waals surface area contributed by atoms with E-state index < -0.39 is 18.1 Å². The zero-order chi connectivity index (χ0) is 19.8. The van der Waals surface area contributed by atoms with Gasteiger partial charge >= 0.3 is 5.97 Å². The van der Waals surface area contributed by atoms with Crippen LogP contribution in [0.3, 0.4) is 0 Å². The van der Waals surface area contributed by atoms with Crippen molar-refractivity contribution in [1.29, 1.82) is 0 Å². The number of nitrogens with one attached hydrogen (secondary N) is 1. The molecule has 0 aromatic heterocycles.